The number of benzene rings is 2. The molecule has 2 aromatic rings. The van der Waals surface area contributed by atoms with E-state index in [4.69, 9.17) is 9.31 Å². The number of nitrogens with one attached hydrogen (secondary N) is 2. The van der Waals surface area contributed by atoms with Crippen molar-refractivity contribution in [1.29, 1.82) is 0 Å². The van der Waals surface area contributed by atoms with Crippen LogP contribution in [0.5, 0.6) is 0 Å². The van der Waals surface area contributed by atoms with Crippen molar-refractivity contribution >= 4 is 28.5 Å². The van der Waals surface area contributed by atoms with E-state index in [2.05, 4.69) is 10.0 Å². The number of hydrogen-bond acceptors (Lipinski definition) is 5. The molecule has 4 rings (SSSR count). The van der Waals surface area contributed by atoms with Gasteiger partial charge in [0.05, 0.1) is 22.1 Å². The third-order valence-corrected chi connectivity index (χ3v) is 9.40. The minimum Gasteiger partial charge on any atom is -0.399 e. The van der Waals surface area contributed by atoms with Gasteiger partial charge in [0, 0.05) is 12.0 Å². The van der Waals surface area contributed by atoms with Crippen LogP contribution >= 0.6 is 0 Å². The maximum atomic E-state index is 13.2. The monoisotopic (exact) mass is 530 g/mol. The number of hydrogen-bond donors (Lipinski definition) is 2. The molecular weight excluding hydrogens is 494 g/mol. The van der Waals surface area contributed by atoms with Crippen molar-refractivity contribution in [3.05, 3.63) is 59.9 Å². The van der Waals surface area contributed by atoms with E-state index in [0.29, 0.717) is 25.7 Å². The number of carbonyl (C=O) groups excluding carboxylic acids is 1. The summed E-state index contributed by atoms with van der Waals surface area (Å²) in [5.74, 6) is -0.553. The molecule has 0 bridgehead atoms. The van der Waals surface area contributed by atoms with E-state index in [1.165, 1.54) is 12.1 Å². The predicted molar refractivity (Wildman–Crippen MR) is 141 cm³/mol. The molecule has 0 unspecified atom stereocenters. The molecule has 1 heterocycles. The summed E-state index contributed by atoms with van der Waals surface area (Å²) < 4.78 is 54.0. The van der Waals surface area contributed by atoms with E-state index >= 15 is 0 Å². The maximum Gasteiger partial charge on any atom is 0.494 e. The second kappa shape index (κ2) is 10.5. The lowest BCUT2D eigenvalue weighted by Crippen LogP contribution is -2.41. The SMILES string of the molecule is C[C@@H](NC(=O)C1CCC(NS(=O)(=O)c2ccc(B3OC(C)(C)C(C)(C)O3)cc2)CC1)c1ccc(F)cc1. The van der Waals surface area contributed by atoms with Crippen LogP contribution in [0.15, 0.2) is 53.4 Å². The summed E-state index contributed by atoms with van der Waals surface area (Å²) in [6.45, 7) is 9.75. The normalized spacial score (nSPS) is 24.0. The van der Waals surface area contributed by atoms with Crippen LogP contribution in [-0.2, 0) is 24.1 Å². The van der Waals surface area contributed by atoms with Crippen LogP contribution in [0.1, 0.15) is 71.9 Å². The predicted octanol–water partition coefficient (Wildman–Crippen LogP) is 3.84. The number of rotatable bonds is 7. The highest BCUT2D eigenvalue weighted by atomic mass is 32.2. The fraction of sp³-hybridized carbons (Fsp3) is 0.519. The molecule has 2 fully saturated rings. The molecule has 10 heteroatoms. The molecule has 1 saturated carbocycles. The second-order valence-electron chi connectivity index (χ2n) is 11.1. The van der Waals surface area contributed by atoms with Crippen molar-refractivity contribution in [2.75, 3.05) is 0 Å². The summed E-state index contributed by atoms with van der Waals surface area (Å²) in [5, 5.41) is 2.99. The van der Waals surface area contributed by atoms with Gasteiger partial charge in [-0.05, 0) is 95.6 Å². The van der Waals surface area contributed by atoms with Crippen LogP contribution in [0.25, 0.3) is 0 Å². The van der Waals surface area contributed by atoms with Gasteiger partial charge < -0.3 is 14.6 Å². The molecular formula is C27H36BFN2O5S. The van der Waals surface area contributed by atoms with Gasteiger partial charge in [-0.3, -0.25) is 4.79 Å². The Morgan fingerprint density at radius 3 is 2.03 bits per heavy atom. The molecule has 0 radical (unpaired) electrons. The summed E-state index contributed by atoms with van der Waals surface area (Å²) in [7, 11) is -4.26. The Bertz CT molecular complexity index is 1190. The molecule has 1 aliphatic heterocycles. The van der Waals surface area contributed by atoms with Gasteiger partial charge in [-0.15, -0.1) is 0 Å². The van der Waals surface area contributed by atoms with E-state index in [1.54, 1.807) is 36.4 Å². The lowest BCUT2D eigenvalue weighted by atomic mass is 9.79. The highest BCUT2D eigenvalue weighted by Crippen LogP contribution is 2.36. The average molecular weight is 530 g/mol. The van der Waals surface area contributed by atoms with Gasteiger partial charge >= 0.3 is 7.12 Å². The summed E-state index contributed by atoms with van der Waals surface area (Å²) in [6, 6.07) is 12.2. The summed E-state index contributed by atoms with van der Waals surface area (Å²) >= 11 is 0. The van der Waals surface area contributed by atoms with Crippen LogP contribution < -0.4 is 15.5 Å². The van der Waals surface area contributed by atoms with Gasteiger partial charge in [0.25, 0.3) is 0 Å². The fourth-order valence-corrected chi connectivity index (χ4v) is 6.02. The Balaban J connectivity index is 1.29. The number of amides is 1. The van der Waals surface area contributed by atoms with Crippen molar-refractivity contribution in [1.82, 2.24) is 10.0 Å². The highest BCUT2D eigenvalue weighted by molar-refractivity contribution is 7.89. The third kappa shape index (κ3) is 6.25. The number of carbonyl (C=O) groups is 1. The second-order valence-corrected chi connectivity index (χ2v) is 12.8. The largest absolute Gasteiger partial charge is 0.494 e. The number of sulfonamides is 1. The topological polar surface area (TPSA) is 93.7 Å². The van der Waals surface area contributed by atoms with Crippen LogP contribution in [0.3, 0.4) is 0 Å². The van der Waals surface area contributed by atoms with Crippen LogP contribution in [-0.4, -0.2) is 38.7 Å². The summed E-state index contributed by atoms with van der Waals surface area (Å²) in [4.78, 5) is 12.9. The lowest BCUT2D eigenvalue weighted by Gasteiger charge is -2.32. The first-order valence-electron chi connectivity index (χ1n) is 12.8. The Morgan fingerprint density at radius 1 is 0.946 bits per heavy atom. The van der Waals surface area contributed by atoms with Gasteiger partial charge in [-0.25, -0.2) is 17.5 Å². The molecule has 37 heavy (non-hydrogen) atoms. The van der Waals surface area contributed by atoms with Crippen molar-refractivity contribution in [3.63, 3.8) is 0 Å². The maximum absolute atomic E-state index is 13.2. The first-order chi connectivity index (χ1) is 17.3. The van der Waals surface area contributed by atoms with Crippen LogP contribution in [0, 0.1) is 11.7 Å². The van der Waals surface area contributed by atoms with E-state index in [-0.39, 0.29) is 34.6 Å². The molecule has 1 amide bonds. The summed E-state index contributed by atoms with van der Waals surface area (Å²) in [6.07, 6.45) is 2.34. The Labute approximate surface area is 219 Å². The van der Waals surface area contributed by atoms with E-state index in [9.17, 15) is 17.6 Å². The highest BCUT2D eigenvalue weighted by Gasteiger charge is 2.51. The van der Waals surface area contributed by atoms with Crippen molar-refractivity contribution in [3.8, 4) is 0 Å². The third-order valence-electron chi connectivity index (χ3n) is 7.86. The zero-order valence-corrected chi connectivity index (χ0v) is 22.9. The van der Waals surface area contributed by atoms with Crippen molar-refractivity contribution < 1.29 is 26.9 Å². The van der Waals surface area contributed by atoms with Gasteiger partial charge in [0.2, 0.25) is 15.9 Å². The van der Waals surface area contributed by atoms with E-state index in [1.807, 2.05) is 34.6 Å². The standard InChI is InChI=1S/C27H36BFN2O5S/c1-18(19-6-12-22(29)13-7-19)30-25(32)20-8-14-23(15-9-20)31-37(33,34)24-16-10-21(11-17-24)28-35-26(2,3)27(4,5)36-28/h6-7,10-13,16-18,20,23,31H,8-9,14-15H2,1-5H3,(H,30,32)/t18-,20?,23?/m1/s1. The summed E-state index contributed by atoms with van der Waals surface area (Å²) in [5.41, 5.74) is 0.650. The number of halogens is 1. The molecule has 7 nitrogen and oxygen atoms in total. The van der Waals surface area contributed by atoms with E-state index in [0.717, 1.165) is 11.0 Å². The van der Waals surface area contributed by atoms with E-state index < -0.39 is 28.3 Å². The van der Waals surface area contributed by atoms with Crippen LogP contribution in [0.4, 0.5) is 4.39 Å². The quantitative estimate of drug-likeness (QED) is 0.531. The van der Waals surface area contributed by atoms with Gasteiger partial charge in [-0.1, -0.05) is 24.3 Å². The molecule has 0 aromatic heterocycles. The lowest BCUT2D eigenvalue weighted by molar-refractivity contribution is -0.126. The molecule has 2 aliphatic rings. The Hall–Kier alpha value is -2.27. The smallest absolute Gasteiger partial charge is 0.399 e. The van der Waals surface area contributed by atoms with Gasteiger partial charge in [-0.2, -0.15) is 0 Å². The van der Waals surface area contributed by atoms with Gasteiger partial charge in [0.15, 0.2) is 0 Å². The minimum absolute atomic E-state index is 0.0589. The molecule has 2 N–H and O–H groups in total. The zero-order valence-electron chi connectivity index (χ0n) is 22.1. The molecule has 1 aliphatic carbocycles. The molecule has 1 atom stereocenters. The molecule has 1 saturated heterocycles. The van der Waals surface area contributed by atoms with Crippen LogP contribution in [0.2, 0.25) is 0 Å². The van der Waals surface area contributed by atoms with Crippen molar-refractivity contribution in [2.24, 2.45) is 5.92 Å². The minimum atomic E-state index is -3.70. The molecule has 200 valence electrons. The Morgan fingerprint density at radius 2 is 1.49 bits per heavy atom. The average Bonchev–Trinajstić information content (AvgIpc) is 3.06. The molecule has 2 aromatic carbocycles. The fourth-order valence-electron chi connectivity index (χ4n) is 4.71. The molecule has 0 spiro atoms. The zero-order chi connectivity index (χ0) is 27.0. The Kier molecular flexibility index (Phi) is 7.86. The van der Waals surface area contributed by atoms with Gasteiger partial charge in [0.1, 0.15) is 5.82 Å². The first kappa shape index (κ1) is 27.8. The first-order valence-corrected chi connectivity index (χ1v) is 14.3. The van der Waals surface area contributed by atoms with Crippen molar-refractivity contribution in [2.45, 2.75) is 88.5 Å².